The van der Waals surface area contributed by atoms with Crippen LogP contribution in [0.1, 0.15) is 80.1 Å². The van der Waals surface area contributed by atoms with Gasteiger partial charge in [-0.2, -0.15) is 0 Å². The number of hydrogen-bond acceptors (Lipinski definition) is 2. The van der Waals surface area contributed by atoms with Crippen molar-refractivity contribution in [3.05, 3.63) is 25.3 Å². The molecule has 0 aromatic rings. The van der Waals surface area contributed by atoms with Crippen LogP contribution in [0.25, 0.3) is 0 Å². The Kier molecular flexibility index (Phi) is 9.95. The molecule has 2 unspecified atom stereocenters. The SMILES string of the molecule is C=CCCC(OOC(CCC=C)C(C)(C)CC)C(C)(C)CC. The second-order valence-electron chi connectivity index (χ2n) is 7.59. The number of allylic oxidation sites excluding steroid dienone is 2. The van der Waals surface area contributed by atoms with Gasteiger partial charge in [0.2, 0.25) is 0 Å². The Morgan fingerprint density at radius 2 is 1.09 bits per heavy atom. The van der Waals surface area contributed by atoms with Gasteiger partial charge in [-0.05, 0) is 49.4 Å². The van der Waals surface area contributed by atoms with Crippen molar-refractivity contribution < 1.29 is 9.78 Å². The molecule has 0 spiro atoms. The zero-order valence-corrected chi connectivity index (χ0v) is 15.8. The summed E-state index contributed by atoms with van der Waals surface area (Å²) in [6.45, 7) is 21.0. The first-order valence-corrected chi connectivity index (χ1v) is 8.79. The van der Waals surface area contributed by atoms with E-state index < -0.39 is 0 Å². The highest BCUT2D eigenvalue weighted by Crippen LogP contribution is 2.34. The van der Waals surface area contributed by atoms with E-state index in [-0.39, 0.29) is 23.0 Å². The molecule has 0 radical (unpaired) electrons. The summed E-state index contributed by atoms with van der Waals surface area (Å²) in [4.78, 5) is 11.9. The van der Waals surface area contributed by atoms with E-state index in [1.807, 2.05) is 12.2 Å². The molecule has 0 N–H and O–H groups in total. The summed E-state index contributed by atoms with van der Waals surface area (Å²) in [5.41, 5.74) is 0.199. The van der Waals surface area contributed by atoms with Crippen molar-refractivity contribution in [3.8, 4) is 0 Å². The van der Waals surface area contributed by atoms with Crippen molar-refractivity contribution in [2.45, 2.75) is 92.3 Å². The molecule has 0 saturated heterocycles. The summed E-state index contributed by atoms with van der Waals surface area (Å²) in [5, 5.41) is 0. The van der Waals surface area contributed by atoms with E-state index in [2.05, 4.69) is 54.7 Å². The van der Waals surface area contributed by atoms with Gasteiger partial charge in [0.05, 0.1) is 12.2 Å². The molecule has 130 valence electrons. The molecule has 22 heavy (non-hydrogen) atoms. The molecule has 2 nitrogen and oxygen atoms in total. The first kappa shape index (κ1) is 21.4. The van der Waals surface area contributed by atoms with Gasteiger partial charge < -0.3 is 0 Å². The fourth-order valence-electron chi connectivity index (χ4n) is 2.27. The first-order valence-electron chi connectivity index (χ1n) is 8.79. The summed E-state index contributed by atoms with van der Waals surface area (Å²) in [5.74, 6) is 0. The van der Waals surface area contributed by atoms with E-state index in [0.29, 0.717) is 0 Å². The van der Waals surface area contributed by atoms with Crippen LogP contribution in [0.3, 0.4) is 0 Å². The molecule has 0 aromatic heterocycles. The third-order valence-corrected chi connectivity index (χ3v) is 5.12. The van der Waals surface area contributed by atoms with Crippen LogP contribution in [-0.4, -0.2) is 12.2 Å². The van der Waals surface area contributed by atoms with E-state index in [1.54, 1.807) is 0 Å². The van der Waals surface area contributed by atoms with Crippen LogP contribution in [0.5, 0.6) is 0 Å². The van der Waals surface area contributed by atoms with E-state index in [1.165, 1.54) is 0 Å². The Hall–Kier alpha value is -0.600. The van der Waals surface area contributed by atoms with Gasteiger partial charge >= 0.3 is 0 Å². The standard InChI is InChI=1S/C20H38O2/c1-9-13-15-17(19(5,6)11-3)21-22-18(16-14-10-2)20(7,8)12-4/h9-10,17-18H,1-2,11-16H2,3-8H3. The van der Waals surface area contributed by atoms with Gasteiger partial charge in [0.15, 0.2) is 0 Å². The third kappa shape index (κ3) is 7.11. The predicted molar refractivity (Wildman–Crippen MR) is 96.8 cm³/mol. The van der Waals surface area contributed by atoms with Gasteiger partial charge in [-0.1, -0.05) is 53.7 Å². The van der Waals surface area contributed by atoms with Crippen molar-refractivity contribution >= 4 is 0 Å². The summed E-state index contributed by atoms with van der Waals surface area (Å²) < 4.78 is 0. The van der Waals surface area contributed by atoms with Crippen molar-refractivity contribution in [1.29, 1.82) is 0 Å². The fraction of sp³-hybridized carbons (Fsp3) is 0.800. The molecule has 0 fully saturated rings. The summed E-state index contributed by atoms with van der Waals surface area (Å²) in [6.07, 6.45) is 10.0. The molecule has 0 bridgehead atoms. The van der Waals surface area contributed by atoms with Gasteiger partial charge in [-0.25, -0.2) is 9.78 Å². The van der Waals surface area contributed by atoms with E-state index in [9.17, 15) is 0 Å². The zero-order chi connectivity index (χ0) is 17.2. The second kappa shape index (κ2) is 10.2. The second-order valence-corrected chi connectivity index (χ2v) is 7.59. The molecule has 0 aromatic carbocycles. The number of hydrogen-bond donors (Lipinski definition) is 0. The van der Waals surface area contributed by atoms with Crippen LogP contribution >= 0.6 is 0 Å². The minimum Gasteiger partial charge on any atom is -0.233 e. The molecule has 0 amide bonds. The van der Waals surface area contributed by atoms with Crippen molar-refractivity contribution in [1.82, 2.24) is 0 Å². The molecule has 0 saturated carbocycles. The highest BCUT2D eigenvalue weighted by atomic mass is 17.2. The molecule has 0 aliphatic heterocycles. The topological polar surface area (TPSA) is 18.5 Å². The van der Waals surface area contributed by atoms with Crippen LogP contribution in [-0.2, 0) is 9.78 Å². The Balaban J connectivity index is 4.86. The highest BCUT2D eigenvalue weighted by Gasteiger charge is 2.33. The lowest BCUT2D eigenvalue weighted by Gasteiger charge is -2.37. The molecule has 0 heterocycles. The molecule has 2 heteroatoms. The van der Waals surface area contributed by atoms with Crippen molar-refractivity contribution in [3.63, 3.8) is 0 Å². The van der Waals surface area contributed by atoms with Crippen LogP contribution in [0.15, 0.2) is 25.3 Å². The third-order valence-electron chi connectivity index (χ3n) is 5.12. The first-order chi connectivity index (χ1) is 10.2. The normalized spacial score (nSPS) is 15.4. The minimum atomic E-state index is 0.0920. The van der Waals surface area contributed by atoms with Gasteiger partial charge in [0.1, 0.15) is 0 Å². The van der Waals surface area contributed by atoms with E-state index in [0.717, 1.165) is 38.5 Å². The Morgan fingerprint density at radius 3 is 1.32 bits per heavy atom. The minimum absolute atomic E-state index is 0.0920. The van der Waals surface area contributed by atoms with Gasteiger partial charge in [-0.15, -0.1) is 13.2 Å². The lowest BCUT2D eigenvalue weighted by Crippen LogP contribution is -2.37. The van der Waals surface area contributed by atoms with Gasteiger partial charge in [-0.3, -0.25) is 0 Å². The Labute approximate surface area is 138 Å². The van der Waals surface area contributed by atoms with E-state index in [4.69, 9.17) is 9.78 Å². The van der Waals surface area contributed by atoms with Crippen molar-refractivity contribution in [2.75, 3.05) is 0 Å². The van der Waals surface area contributed by atoms with Crippen LogP contribution < -0.4 is 0 Å². The lowest BCUT2D eigenvalue weighted by atomic mass is 9.81. The van der Waals surface area contributed by atoms with Gasteiger partial charge in [0.25, 0.3) is 0 Å². The fourth-order valence-corrected chi connectivity index (χ4v) is 2.27. The molecule has 0 rings (SSSR count). The molecule has 0 aliphatic rings. The maximum Gasteiger partial charge on any atom is 0.0983 e. The van der Waals surface area contributed by atoms with E-state index >= 15 is 0 Å². The summed E-state index contributed by atoms with van der Waals surface area (Å²) in [7, 11) is 0. The molecule has 0 aliphatic carbocycles. The van der Waals surface area contributed by atoms with Crippen LogP contribution in [0, 0.1) is 10.8 Å². The zero-order valence-electron chi connectivity index (χ0n) is 15.8. The number of rotatable bonds is 13. The van der Waals surface area contributed by atoms with Crippen LogP contribution in [0.4, 0.5) is 0 Å². The Morgan fingerprint density at radius 1 is 0.773 bits per heavy atom. The molecule has 2 atom stereocenters. The predicted octanol–water partition coefficient (Wildman–Crippen LogP) is 6.48. The monoisotopic (exact) mass is 310 g/mol. The molecular formula is C20H38O2. The maximum absolute atomic E-state index is 5.97. The van der Waals surface area contributed by atoms with Crippen molar-refractivity contribution in [2.24, 2.45) is 10.8 Å². The summed E-state index contributed by atoms with van der Waals surface area (Å²) >= 11 is 0. The van der Waals surface area contributed by atoms with Gasteiger partial charge in [0, 0.05) is 0 Å². The molecular weight excluding hydrogens is 272 g/mol. The Bertz CT molecular complexity index is 286. The summed E-state index contributed by atoms with van der Waals surface area (Å²) in [6, 6.07) is 0. The highest BCUT2D eigenvalue weighted by molar-refractivity contribution is 4.82. The maximum atomic E-state index is 5.97. The largest absolute Gasteiger partial charge is 0.233 e. The quantitative estimate of drug-likeness (QED) is 0.220. The average molecular weight is 311 g/mol. The lowest BCUT2D eigenvalue weighted by molar-refractivity contribution is -0.382. The van der Waals surface area contributed by atoms with Crippen LogP contribution in [0.2, 0.25) is 0 Å². The average Bonchev–Trinajstić information content (AvgIpc) is 2.49. The smallest absolute Gasteiger partial charge is 0.0983 e.